The van der Waals surface area contributed by atoms with Gasteiger partial charge in [-0.15, -0.1) is 0 Å². The number of nitrogens with two attached hydrogens (primary N) is 1. The molecular formula is C13H18ClNO3S. The fourth-order valence-corrected chi connectivity index (χ4v) is 4.76. The van der Waals surface area contributed by atoms with E-state index in [1.54, 1.807) is 18.2 Å². The van der Waals surface area contributed by atoms with Crippen molar-refractivity contribution in [3.05, 3.63) is 28.8 Å². The third-order valence-electron chi connectivity index (χ3n) is 3.58. The van der Waals surface area contributed by atoms with Gasteiger partial charge in [-0.05, 0) is 31.0 Å². The molecule has 1 fully saturated rings. The predicted octanol–water partition coefficient (Wildman–Crippen LogP) is 2.32. The fraction of sp³-hybridized carbons (Fsp3) is 0.538. The minimum absolute atomic E-state index is 0.217. The van der Waals surface area contributed by atoms with Crippen LogP contribution in [-0.2, 0) is 9.84 Å². The van der Waals surface area contributed by atoms with Crippen molar-refractivity contribution in [1.29, 1.82) is 0 Å². The number of ether oxygens (including phenoxy) is 1. The van der Waals surface area contributed by atoms with Crippen LogP contribution in [0.25, 0.3) is 0 Å². The molecule has 1 heterocycles. The van der Waals surface area contributed by atoms with Crippen molar-refractivity contribution in [2.45, 2.75) is 30.6 Å². The topological polar surface area (TPSA) is 69.4 Å². The van der Waals surface area contributed by atoms with E-state index >= 15 is 0 Å². The Morgan fingerprint density at radius 1 is 1.42 bits per heavy atom. The van der Waals surface area contributed by atoms with E-state index in [4.69, 9.17) is 22.1 Å². The van der Waals surface area contributed by atoms with Crippen molar-refractivity contribution in [2.75, 3.05) is 12.9 Å². The molecule has 0 saturated carbocycles. The molecule has 0 amide bonds. The van der Waals surface area contributed by atoms with Crippen molar-refractivity contribution in [3.8, 4) is 5.75 Å². The van der Waals surface area contributed by atoms with E-state index in [1.165, 1.54) is 7.11 Å². The summed E-state index contributed by atoms with van der Waals surface area (Å²) in [5.74, 6) is 0.798. The summed E-state index contributed by atoms with van der Waals surface area (Å²) < 4.78 is 29.5. The van der Waals surface area contributed by atoms with Crippen LogP contribution >= 0.6 is 11.6 Å². The summed E-state index contributed by atoms with van der Waals surface area (Å²) in [6.07, 6.45) is 2.21. The molecule has 19 heavy (non-hydrogen) atoms. The van der Waals surface area contributed by atoms with Crippen molar-refractivity contribution in [2.24, 2.45) is 5.73 Å². The zero-order chi connectivity index (χ0) is 14.0. The Balaban J connectivity index is 2.38. The number of hydrogen-bond donors (Lipinski definition) is 1. The van der Waals surface area contributed by atoms with Gasteiger partial charge in [-0.1, -0.05) is 18.0 Å². The maximum Gasteiger partial charge on any atom is 0.155 e. The third kappa shape index (κ3) is 3.04. The summed E-state index contributed by atoms with van der Waals surface area (Å²) >= 11 is 5.97. The predicted molar refractivity (Wildman–Crippen MR) is 76.4 cm³/mol. The van der Waals surface area contributed by atoms with Crippen LogP contribution in [0.2, 0.25) is 5.02 Å². The molecule has 1 saturated heterocycles. The first-order chi connectivity index (χ1) is 8.95. The molecule has 2 N–H and O–H groups in total. The molecule has 2 rings (SSSR count). The van der Waals surface area contributed by atoms with Crippen LogP contribution in [0.1, 0.15) is 30.9 Å². The Hall–Kier alpha value is -0.780. The lowest BCUT2D eigenvalue weighted by Gasteiger charge is -2.28. The Morgan fingerprint density at radius 2 is 2.16 bits per heavy atom. The van der Waals surface area contributed by atoms with Gasteiger partial charge in [-0.3, -0.25) is 0 Å². The van der Waals surface area contributed by atoms with Crippen molar-refractivity contribution in [3.63, 3.8) is 0 Å². The van der Waals surface area contributed by atoms with E-state index in [-0.39, 0.29) is 5.75 Å². The molecule has 0 aliphatic carbocycles. The standard InChI is InChI=1S/C13H18ClNO3S/c1-18-11-6-5-9(14)8-10(11)13(15)12-4-2-3-7-19(12,16)17/h5-6,8,12-13H,2-4,7,15H2,1H3. The zero-order valence-corrected chi connectivity index (χ0v) is 12.4. The average molecular weight is 304 g/mol. The molecule has 1 aliphatic rings. The van der Waals surface area contributed by atoms with Crippen LogP contribution in [0.4, 0.5) is 0 Å². The summed E-state index contributed by atoms with van der Waals surface area (Å²) in [6, 6.07) is 4.51. The second-order valence-electron chi connectivity index (χ2n) is 4.81. The minimum Gasteiger partial charge on any atom is -0.496 e. The van der Waals surface area contributed by atoms with Crippen LogP contribution in [0.3, 0.4) is 0 Å². The van der Waals surface area contributed by atoms with Gasteiger partial charge in [0.2, 0.25) is 0 Å². The summed E-state index contributed by atoms with van der Waals surface area (Å²) in [5, 5.41) is -0.0203. The molecular weight excluding hydrogens is 286 g/mol. The Bertz CT molecular complexity index is 559. The Labute approximate surface area is 118 Å². The first kappa shape index (κ1) is 14.6. The summed E-state index contributed by atoms with van der Waals surface area (Å²) in [6.45, 7) is 0. The first-order valence-electron chi connectivity index (χ1n) is 6.26. The van der Waals surface area contributed by atoms with Gasteiger partial charge >= 0.3 is 0 Å². The number of benzene rings is 1. The molecule has 6 heteroatoms. The number of sulfone groups is 1. The molecule has 2 unspecified atom stereocenters. The van der Waals surface area contributed by atoms with Crippen LogP contribution < -0.4 is 10.5 Å². The van der Waals surface area contributed by atoms with Crippen LogP contribution in [0.15, 0.2) is 18.2 Å². The largest absolute Gasteiger partial charge is 0.496 e. The molecule has 106 valence electrons. The number of methoxy groups -OCH3 is 1. The highest BCUT2D eigenvalue weighted by Crippen LogP contribution is 2.34. The van der Waals surface area contributed by atoms with E-state index < -0.39 is 21.1 Å². The van der Waals surface area contributed by atoms with Gasteiger partial charge in [0.15, 0.2) is 9.84 Å². The molecule has 1 aromatic rings. The fourth-order valence-electron chi connectivity index (χ4n) is 2.55. The monoisotopic (exact) mass is 303 g/mol. The summed E-state index contributed by atoms with van der Waals surface area (Å²) in [7, 11) is -1.60. The van der Waals surface area contributed by atoms with E-state index in [0.717, 1.165) is 12.8 Å². The highest BCUT2D eigenvalue weighted by molar-refractivity contribution is 7.92. The molecule has 0 aromatic heterocycles. The van der Waals surface area contributed by atoms with Gasteiger partial charge in [-0.25, -0.2) is 8.42 Å². The van der Waals surface area contributed by atoms with E-state index in [2.05, 4.69) is 0 Å². The van der Waals surface area contributed by atoms with Crippen molar-refractivity contribution < 1.29 is 13.2 Å². The van der Waals surface area contributed by atoms with E-state index in [1.807, 2.05) is 0 Å². The molecule has 0 spiro atoms. The lowest BCUT2D eigenvalue weighted by atomic mass is 9.99. The van der Waals surface area contributed by atoms with Crippen molar-refractivity contribution in [1.82, 2.24) is 0 Å². The van der Waals surface area contributed by atoms with E-state index in [9.17, 15) is 8.42 Å². The average Bonchev–Trinajstić information content (AvgIpc) is 2.37. The van der Waals surface area contributed by atoms with Crippen molar-refractivity contribution >= 4 is 21.4 Å². The maximum atomic E-state index is 12.1. The van der Waals surface area contributed by atoms with E-state index in [0.29, 0.717) is 22.8 Å². The number of halogens is 1. The quantitative estimate of drug-likeness (QED) is 0.930. The molecule has 1 aromatic carbocycles. The smallest absolute Gasteiger partial charge is 0.155 e. The Kier molecular flexibility index (Phi) is 4.38. The number of rotatable bonds is 3. The van der Waals surface area contributed by atoms with Gasteiger partial charge < -0.3 is 10.5 Å². The van der Waals surface area contributed by atoms with Gasteiger partial charge in [0, 0.05) is 10.6 Å². The minimum atomic E-state index is -3.13. The lowest BCUT2D eigenvalue weighted by molar-refractivity contribution is 0.402. The molecule has 0 radical (unpaired) electrons. The normalized spacial score (nSPS) is 23.8. The van der Waals surface area contributed by atoms with Crippen LogP contribution in [0, 0.1) is 0 Å². The second kappa shape index (κ2) is 5.69. The maximum absolute atomic E-state index is 12.1. The van der Waals surface area contributed by atoms with Crippen LogP contribution in [-0.4, -0.2) is 26.5 Å². The van der Waals surface area contributed by atoms with Gasteiger partial charge in [0.1, 0.15) is 5.75 Å². The highest BCUT2D eigenvalue weighted by Gasteiger charge is 2.35. The highest BCUT2D eigenvalue weighted by atomic mass is 35.5. The third-order valence-corrected chi connectivity index (χ3v) is 6.12. The van der Waals surface area contributed by atoms with Gasteiger partial charge in [0.05, 0.1) is 24.2 Å². The van der Waals surface area contributed by atoms with Gasteiger partial charge in [-0.2, -0.15) is 0 Å². The van der Waals surface area contributed by atoms with Crippen LogP contribution in [0.5, 0.6) is 5.75 Å². The SMILES string of the molecule is COc1ccc(Cl)cc1C(N)C1CCCCS1(=O)=O. The molecule has 1 aliphatic heterocycles. The second-order valence-corrected chi connectivity index (χ2v) is 7.59. The number of hydrogen-bond acceptors (Lipinski definition) is 4. The van der Waals surface area contributed by atoms with Gasteiger partial charge in [0.25, 0.3) is 0 Å². The lowest BCUT2D eigenvalue weighted by Crippen LogP contribution is -2.38. The summed E-state index contributed by atoms with van der Waals surface area (Å²) in [5.41, 5.74) is 6.83. The first-order valence-corrected chi connectivity index (χ1v) is 8.35. The summed E-state index contributed by atoms with van der Waals surface area (Å²) in [4.78, 5) is 0. The molecule has 0 bridgehead atoms. The Morgan fingerprint density at radius 3 is 2.79 bits per heavy atom. The molecule has 4 nitrogen and oxygen atoms in total. The molecule has 2 atom stereocenters. The zero-order valence-electron chi connectivity index (χ0n) is 10.8.